The Hall–Kier alpha value is -1.89. The molecule has 0 aliphatic rings. The van der Waals surface area contributed by atoms with Gasteiger partial charge in [0.15, 0.2) is 17.4 Å². The molecule has 5 nitrogen and oxygen atoms in total. The Morgan fingerprint density at radius 2 is 1.94 bits per heavy atom. The Bertz CT molecular complexity index is 460. The lowest BCUT2D eigenvalue weighted by Gasteiger charge is -2.05. The maximum Gasteiger partial charge on any atom is 0.283 e. The minimum absolute atomic E-state index is 0.366. The number of halogens is 2. The van der Waals surface area contributed by atoms with Gasteiger partial charge in [-0.3, -0.25) is 14.9 Å². The van der Waals surface area contributed by atoms with E-state index in [-0.39, 0.29) is 0 Å². The molecule has 0 aromatic heterocycles. The molecule has 0 saturated heterocycles. The molecule has 0 bridgehead atoms. The second kappa shape index (κ2) is 4.31. The topological polar surface area (TPSA) is 86.2 Å². The van der Waals surface area contributed by atoms with E-state index in [9.17, 15) is 23.7 Å². The Labute approximate surface area is 89.0 Å². The number of hydrogen-bond acceptors (Lipinski definition) is 4. The fourth-order valence-electron chi connectivity index (χ4n) is 1.13. The van der Waals surface area contributed by atoms with E-state index in [2.05, 4.69) is 0 Å². The molecule has 1 aromatic carbocycles. The number of hydrogen-bond donors (Lipinski definition) is 1. The molecule has 86 valence electrons. The van der Waals surface area contributed by atoms with Crippen LogP contribution in [-0.2, 0) is 0 Å². The van der Waals surface area contributed by atoms with Gasteiger partial charge in [0, 0.05) is 0 Å². The SMILES string of the molecule is CC(N)C(=O)c1cc(F)c(F)cc1[N+](=O)[O-]. The van der Waals surface area contributed by atoms with Gasteiger partial charge in [0.05, 0.1) is 22.6 Å². The number of carbonyl (C=O) groups excluding carboxylic acids is 1. The van der Waals surface area contributed by atoms with Gasteiger partial charge in [-0.05, 0) is 13.0 Å². The number of ketones is 1. The van der Waals surface area contributed by atoms with E-state index in [1.165, 1.54) is 6.92 Å². The molecule has 1 aromatic rings. The lowest BCUT2D eigenvalue weighted by atomic mass is 10.0. The maximum absolute atomic E-state index is 12.9. The zero-order chi connectivity index (χ0) is 12.5. The smallest absolute Gasteiger partial charge is 0.283 e. The first-order valence-electron chi connectivity index (χ1n) is 4.27. The predicted molar refractivity (Wildman–Crippen MR) is 51.0 cm³/mol. The van der Waals surface area contributed by atoms with Crippen LogP contribution >= 0.6 is 0 Å². The summed E-state index contributed by atoms with van der Waals surface area (Å²) < 4.78 is 25.6. The summed E-state index contributed by atoms with van der Waals surface area (Å²) in [6.07, 6.45) is 0. The highest BCUT2D eigenvalue weighted by Crippen LogP contribution is 2.23. The third kappa shape index (κ3) is 2.19. The van der Waals surface area contributed by atoms with Gasteiger partial charge in [0.2, 0.25) is 0 Å². The monoisotopic (exact) mass is 230 g/mol. The average molecular weight is 230 g/mol. The molecular formula is C9H8F2N2O3. The molecule has 16 heavy (non-hydrogen) atoms. The van der Waals surface area contributed by atoms with Crippen molar-refractivity contribution in [3.63, 3.8) is 0 Å². The van der Waals surface area contributed by atoms with Gasteiger partial charge in [0.1, 0.15) is 0 Å². The van der Waals surface area contributed by atoms with Crippen LogP contribution in [0.1, 0.15) is 17.3 Å². The van der Waals surface area contributed by atoms with Crippen molar-refractivity contribution in [3.05, 3.63) is 39.4 Å². The summed E-state index contributed by atoms with van der Waals surface area (Å²) in [7, 11) is 0. The van der Waals surface area contributed by atoms with E-state index < -0.39 is 39.6 Å². The molecule has 1 atom stereocenters. The van der Waals surface area contributed by atoms with Crippen LogP contribution in [0.4, 0.5) is 14.5 Å². The van der Waals surface area contributed by atoms with E-state index in [1.54, 1.807) is 0 Å². The van der Waals surface area contributed by atoms with Crippen molar-refractivity contribution in [2.75, 3.05) is 0 Å². The minimum atomic E-state index is -1.38. The largest absolute Gasteiger partial charge is 0.321 e. The lowest BCUT2D eigenvalue weighted by Crippen LogP contribution is -2.27. The van der Waals surface area contributed by atoms with E-state index in [0.717, 1.165) is 0 Å². The fourth-order valence-corrected chi connectivity index (χ4v) is 1.13. The van der Waals surface area contributed by atoms with Gasteiger partial charge in [-0.2, -0.15) is 0 Å². The highest BCUT2D eigenvalue weighted by atomic mass is 19.2. The Kier molecular flexibility index (Phi) is 3.28. The number of nitro groups is 1. The number of nitrogens with two attached hydrogens (primary N) is 1. The summed E-state index contributed by atoms with van der Waals surface area (Å²) in [5, 5.41) is 10.5. The molecule has 0 radical (unpaired) electrons. The number of nitrogens with zero attached hydrogens (tertiary/aromatic N) is 1. The number of nitro benzene ring substituents is 1. The summed E-state index contributed by atoms with van der Waals surface area (Å²) in [4.78, 5) is 21.0. The first-order valence-corrected chi connectivity index (χ1v) is 4.27. The van der Waals surface area contributed by atoms with Crippen LogP contribution in [0, 0.1) is 21.7 Å². The number of benzene rings is 1. The molecule has 0 fully saturated rings. The molecule has 1 rings (SSSR count). The standard InChI is InChI=1S/C9H8F2N2O3/c1-4(12)9(14)5-2-6(10)7(11)3-8(5)13(15)16/h2-4H,12H2,1H3. The zero-order valence-corrected chi connectivity index (χ0v) is 8.24. The highest BCUT2D eigenvalue weighted by molar-refractivity contribution is 6.03. The van der Waals surface area contributed by atoms with Crippen molar-refractivity contribution in [2.24, 2.45) is 5.73 Å². The third-order valence-corrected chi connectivity index (χ3v) is 1.91. The third-order valence-electron chi connectivity index (χ3n) is 1.91. The molecule has 0 saturated carbocycles. The normalized spacial score (nSPS) is 12.2. The second-order valence-electron chi connectivity index (χ2n) is 3.19. The summed E-state index contributed by atoms with van der Waals surface area (Å²) in [6, 6.07) is -0.173. The predicted octanol–water partition coefficient (Wildman–Crippen LogP) is 1.40. The van der Waals surface area contributed by atoms with Gasteiger partial charge >= 0.3 is 0 Å². The van der Waals surface area contributed by atoms with E-state index in [0.29, 0.717) is 12.1 Å². The number of Topliss-reactive ketones (excluding diaryl/α,β-unsaturated/α-hetero) is 1. The van der Waals surface area contributed by atoms with Crippen molar-refractivity contribution < 1.29 is 18.5 Å². The molecule has 0 amide bonds. The Morgan fingerprint density at radius 1 is 1.44 bits per heavy atom. The number of rotatable bonds is 3. The van der Waals surface area contributed by atoms with E-state index in [4.69, 9.17) is 5.73 Å². The summed E-state index contributed by atoms with van der Waals surface area (Å²) in [5.74, 6) is -3.52. The van der Waals surface area contributed by atoms with Crippen molar-refractivity contribution in [1.82, 2.24) is 0 Å². The molecule has 0 spiro atoms. The zero-order valence-electron chi connectivity index (χ0n) is 8.24. The van der Waals surface area contributed by atoms with Crippen LogP contribution in [-0.4, -0.2) is 16.7 Å². The van der Waals surface area contributed by atoms with Crippen LogP contribution in [0.15, 0.2) is 12.1 Å². The van der Waals surface area contributed by atoms with Gasteiger partial charge in [-0.25, -0.2) is 8.78 Å². The second-order valence-corrected chi connectivity index (χ2v) is 3.19. The Morgan fingerprint density at radius 3 is 2.38 bits per heavy atom. The molecule has 0 heterocycles. The molecule has 2 N–H and O–H groups in total. The fraction of sp³-hybridized carbons (Fsp3) is 0.222. The lowest BCUT2D eigenvalue weighted by molar-refractivity contribution is -0.385. The molecule has 1 unspecified atom stereocenters. The van der Waals surface area contributed by atoms with Crippen LogP contribution in [0.25, 0.3) is 0 Å². The quantitative estimate of drug-likeness (QED) is 0.483. The van der Waals surface area contributed by atoms with Crippen LogP contribution in [0.5, 0.6) is 0 Å². The van der Waals surface area contributed by atoms with Crippen molar-refractivity contribution >= 4 is 11.5 Å². The summed E-state index contributed by atoms with van der Waals surface area (Å²) >= 11 is 0. The van der Waals surface area contributed by atoms with Crippen molar-refractivity contribution in [2.45, 2.75) is 13.0 Å². The van der Waals surface area contributed by atoms with Crippen LogP contribution in [0.2, 0.25) is 0 Å². The molecule has 0 aliphatic carbocycles. The Balaban J connectivity index is 3.42. The first-order chi connectivity index (χ1) is 7.34. The highest BCUT2D eigenvalue weighted by Gasteiger charge is 2.25. The number of carbonyl (C=O) groups is 1. The molecular weight excluding hydrogens is 222 g/mol. The summed E-state index contributed by atoms with van der Waals surface area (Å²) in [5.41, 5.74) is 3.92. The summed E-state index contributed by atoms with van der Waals surface area (Å²) in [6.45, 7) is 1.30. The first kappa shape index (κ1) is 12.2. The van der Waals surface area contributed by atoms with Crippen molar-refractivity contribution in [3.8, 4) is 0 Å². The van der Waals surface area contributed by atoms with Gasteiger partial charge in [-0.1, -0.05) is 0 Å². The van der Waals surface area contributed by atoms with Gasteiger partial charge in [0.25, 0.3) is 5.69 Å². The van der Waals surface area contributed by atoms with E-state index in [1.807, 2.05) is 0 Å². The molecule has 7 heteroatoms. The average Bonchev–Trinajstić information content (AvgIpc) is 2.19. The van der Waals surface area contributed by atoms with Crippen LogP contribution in [0.3, 0.4) is 0 Å². The van der Waals surface area contributed by atoms with Crippen molar-refractivity contribution in [1.29, 1.82) is 0 Å². The minimum Gasteiger partial charge on any atom is -0.321 e. The van der Waals surface area contributed by atoms with Crippen LogP contribution < -0.4 is 5.73 Å². The maximum atomic E-state index is 12.9. The van der Waals surface area contributed by atoms with E-state index >= 15 is 0 Å². The van der Waals surface area contributed by atoms with Gasteiger partial charge in [-0.15, -0.1) is 0 Å². The molecule has 0 aliphatic heterocycles. The van der Waals surface area contributed by atoms with Gasteiger partial charge < -0.3 is 5.73 Å².